The summed E-state index contributed by atoms with van der Waals surface area (Å²) < 4.78 is 4.77. The molecule has 0 radical (unpaired) electrons. The van der Waals surface area contributed by atoms with Gasteiger partial charge in [-0.2, -0.15) is 0 Å². The second-order valence-electron chi connectivity index (χ2n) is 5.94. The third kappa shape index (κ3) is 4.05. The Morgan fingerprint density at radius 2 is 2.24 bits per heavy atom. The molecule has 21 heavy (non-hydrogen) atoms. The maximum Gasteiger partial charge on any atom is 0.348 e. The Balaban J connectivity index is 1.95. The highest BCUT2D eigenvalue weighted by molar-refractivity contribution is 7.12. The molecule has 0 spiro atoms. The predicted molar refractivity (Wildman–Crippen MR) is 86.9 cm³/mol. The monoisotopic (exact) mass is 310 g/mol. The van der Waals surface area contributed by atoms with Gasteiger partial charge in [0.05, 0.1) is 7.11 Å². The van der Waals surface area contributed by atoms with E-state index in [4.69, 9.17) is 4.74 Å². The van der Waals surface area contributed by atoms with Crippen LogP contribution in [0.5, 0.6) is 0 Å². The van der Waals surface area contributed by atoms with Crippen LogP contribution in [-0.4, -0.2) is 54.6 Å². The molecule has 0 unspecified atom stereocenters. The molecule has 1 aliphatic rings. The van der Waals surface area contributed by atoms with E-state index in [2.05, 4.69) is 36.0 Å². The third-order valence-electron chi connectivity index (χ3n) is 4.19. The van der Waals surface area contributed by atoms with Crippen LogP contribution in [0.4, 0.5) is 0 Å². The van der Waals surface area contributed by atoms with Crippen LogP contribution in [0.3, 0.4) is 0 Å². The van der Waals surface area contributed by atoms with Crippen LogP contribution in [0.1, 0.15) is 42.4 Å². The number of ether oxygens (including phenoxy) is 1. The average Bonchev–Trinajstić information content (AvgIpc) is 2.94. The number of piperazine rings is 1. The number of nitrogens with zero attached hydrogens (tertiary/aromatic N) is 2. The normalized spacial score (nSPS) is 20.9. The summed E-state index contributed by atoms with van der Waals surface area (Å²) in [6.07, 6.45) is 1.19. The maximum absolute atomic E-state index is 11.5. The zero-order valence-electron chi connectivity index (χ0n) is 13.5. The summed E-state index contributed by atoms with van der Waals surface area (Å²) in [5, 5.41) is 2.07. The first-order valence-corrected chi connectivity index (χ1v) is 8.57. The van der Waals surface area contributed by atoms with Crippen LogP contribution in [0, 0.1) is 0 Å². The van der Waals surface area contributed by atoms with Gasteiger partial charge in [0.1, 0.15) is 4.88 Å². The number of esters is 1. The van der Waals surface area contributed by atoms with Crippen molar-refractivity contribution >= 4 is 17.3 Å². The summed E-state index contributed by atoms with van der Waals surface area (Å²) in [4.78, 5) is 17.3. The topological polar surface area (TPSA) is 32.8 Å². The number of rotatable bonds is 5. The van der Waals surface area contributed by atoms with Gasteiger partial charge in [-0.1, -0.05) is 6.92 Å². The third-order valence-corrected chi connectivity index (χ3v) is 5.15. The van der Waals surface area contributed by atoms with Gasteiger partial charge in [-0.15, -0.1) is 11.3 Å². The molecule has 1 aromatic rings. The summed E-state index contributed by atoms with van der Waals surface area (Å²) in [6, 6.07) is 3.22. The van der Waals surface area contributed by atoms with Crippen molar-refractivity contribution in [3.8, 4) is 0 Å². The molecule has 0 bridgehead atoms. The van der Waals surface area contributed by atoms with E-state index >= 15 is 0 Å². The number of carbonyl (C=O) groups excluding carboxylic acids is 1. The fourth-order valence-electron chi connectivity index (χ4n) is 3.05. The smallest absolute Gasteiger partial charge is 0.348 e. The van der Waals surface area contributed by atoms with Gasteiger partial charge in [0.25, 0.3) is 0 Å². The van der Waals surface area contributed by atoms with Gasteiger partial charge in [-0.05, 0) is 37.3 Å². The van der Waals surface area contributed by atoms with Crippen LogP contribution in [0.15, 0.2) is 11.4 Å². The van der Waals surface area contributed by atoms with Gasteiger partial charge < -0.3 is 4.74 Å². The van der Waals surface area contributed by atoms with E-state index in [0.29, 0.717) is 17.0 Å². The summed E-state index contributed by atoms with van der Waals surface area (Å²) in [6.45, 7) is 11.1. The Bertz CT molecular complexity index is 473. The molecule has 1 fully saturated rings. The van der Waals surface area contributed by atoms with E-state index in [-0.39, 0.29) is 5.97 Å². The van der Waals surface area contributed by atoms with Crippen LogP contribution in [0.25, 0.3) is 0 Å². The molecule has 1 aromatic heterocycles. The second kappa shape index (κ2) is 7.38. The SMILES string of the molecule is CC[C@@H]1CN(Cc2csc(C(=O)OC)c2)CCN1C(C)C. The Morgan fingerprint density at radius 1 is 1.48 bits per heavy atom. The minimum Gasteiger partial charge on any atom is -0.465 e. The standard InChI is InChI=1S/C16H26N2O2S/c1-5-14-10-17(6-7-18(14)12(2)3)9-13-8-15(21-11-13)16(19)20-4/h8,11-12,14H,5-7,9-10H2,1-4H3/t14-/m1/s1. The predicted octanol–water partition coefficient (Wildman–Crippen LogP) is 2.84. The minimum atomic E-state index is -0.234. The molecule has 0 aromatic carbocycles. The minimum absolute atomic E-state index is 0.234. The fourth-order valence-corrected chi connectivity index (χ4v) is 3.86. The molecule has 1 saturated heterocycles. The molecule has 0 saturated carbocycles. The Morgan fingerprint density at radius 3 is 2.86 bits per heavy atom. The highest BCUT2D eigenvalue weighted by Gasteiger charge is 2.27. The van der Waals surface area contributed by atoms with Gasteiger partial charge >= 0.3 is 5.97 Å². The summed E-state index contributed by atoms with van der Waals surface area (Å²) in [5.41, 5.74) is 1.22. The van der Waals surface area contributed by atoms with Crippen molar-refractivity contribution in [2.45, 2.75) is 45.8 Å². The van der Waals surface area contributed by atoms with Gasteiger partial charge in [0, 0.05) is 38.3 Å². The Hall–Kier alpha value is -0.910. The van der Waals surface area contributed by atoms with E-state index in [9.17, 15) is 4.79 Å². The second-order valence-corrected chi connectivity index (χ2v) is 6.85. The van der Waals surface area contributed by atoms with Crippen LogP contribution >= 0.6 is 11.3 Å². The molecule has 0 N–H and O–H groups in total. The zero-order chi connectivity index (χ0) is 15.4. The van der Waals surface area contributed by atoms with E-state index in [1.54, 1.807) is 0 Å². The Kier molecular flexibility index (Phi) is 5.79. The quantitative estimate of drug-likeness (QED) is 0.783. The highest BCUT2D eigenvalue weighted by atomic mass is 32.1. The molecular weight excluding hydrogens is 284 g/mol. The lowest BCUT2D eigenvalue weighted by Crippen LogP contribution is -2.54. The van der Waals surface area contributed by atoms with E-state index in [0.717, 1.165) is 26.2 Å². The van der Waals surface area contributed by atoms with E-state index in [1.165, 1.54) is 30.4 Å². The first-order valence-electron chi connectivity index (χ1n) is 7.69. The largest absolute Gasteiger partial charge is 0.465 e. The molecule has 0 amide bonds. The first kappa shape index (κ1) is 16.5. The molecule has 4 nitrogen and oxygen atoms in total. The van der Waals surface area contributed by atoms with Gasteiger partial charge in [-0.3, -0.25) is 9.80 Å². The van der Waals surface area contributed by atoms with Gasteiger partial charge in [0.2, 0.25) is 0 Å². The van der Waals surface area contributed by atoms with E-state index in [1.807, 2.05) is 6.07 Å². The van der Waals surface area contributed by atoms with Crippen LogP contribution < -0.4 is 0 Å². The van der Waals surface area contributed by atoms with Crippen LogP contribution in [0.2, 0.25) is 0 Å². The molecule has 1 atom stereocenters. The molecule has 5 heteroatoms. The van der Waals surface area contributed by atoms with Crippen molar-refractivity contribution in [1.82, 2.24) is 9.80 Å². The lowest BCUT2D eigenvalue weighted by Gasteiger charge is -2.43. The van der Waals surface area contributed by atoms with Crippen LogP contribution in [-0.2, 0) is 11.3 Å². The fraction of sp³-hybridized carbons (Fsp3) is 0.688. The van der Waals surface area contributed by atoms with E-state index < -0.39 is 0 Å². The van der Waals surface area contributed by atoms with Crippen molar-refractivity contribution < 1.29 is 9.53 Å². The number of thiophene rings is 1. The molecule has 118 valence electrons. The molecule has 2 rings (SSSR count). The summed E-state index contributed by atoms with van der Waals surface area (Å²) in [7, 11) is 1.43. The lowest BCUT2D eigenvalue weighted by atomic mass is 10.1. The number of carbonyl (C=O) groups is 1. The van der Waals surface area contributed by atoms with Crippen molar-refractivity contribution in [2.24, 2.45) is 0 Å². The average molecular weight is 310 g/mol. The van der Waals surface area contributed by atoms with Crippen molar-refractivity contribution in [3.63, 3.8) is 0 Å². The van der Waals surface area contributed by atoms with Crippen molar-refractivity contribution in [2.75, 3.05) is 26.7 Å². The molecule has 2 heterocycles. The summed E-state index contributed by atoms with van der Waals surface area (Å²) >= 11 is 1.47. The first-order chi connectivity index (χ1) is 10.0. The highest BCUT2D eigenvalue weighted by Crippen LogP contribution is 2.21. The lowest BCUT2D eigenvalue weighted by molar-refractivity contribution is 0.0457. The number of methoxy groups -OCH3 is 1. The molecular formula is C16H26N2O2S. The van der Waals surface area contributed by atoms with Gasteiger partial charge in [0.15, 0.2) is 0 Å². The zero-order valence-corrected chi connectivity index (χ0v) is 14.3. The van der Waals surface area contributed by atoms with Crippen molar-refractivity contribution in [3.05, 3.63) is 21.9 Å². The number of hydrogen-bond acceptors (Lipinski definition) is 5. The molecule has 1 aliphatic heterocycles. The van der Waals surface area contributed by atoms with Crippen molar-refractivity contribution in [1.29, 1.82) is 0 Å². The molecule has 0 aliphatic carbocycles. The van der Waals surface area contributed by atoms with Gasteiger partial charge in [-0.25, -0.2) is 4.79 Å². The number of hydrogen-bond donors (Lipinski definition) is 0. The Labute approximate surface area is 131 Å². The maximum atomic E-state index is 11.5. The summed E-state index contributed by atoms with van der Waals surface area (Å²) in [5.74, 6) is -0.234.